The third-order valence-corrected chi connectivity index (χ3v) is 5.55. The fourth-order valence-electron chi connectivity index (χ4n) is 3.95. The van der Waals surface area contributed by atoms with Gasteiger partial charge >= 0.3 is 0 Å². The number of aryl methyl sites for hydroxylation is 2. The first-order chi connectivity index (χ1) is 15.5. The summed E-state index contributed by atoms with van der Waals surface area (Å²) in [6, 6.07) is 8.37. The van der Waals surface area contributed by atoms with Crippen molar-refractivity contribution in [3.8, 4) is 0 Å². The molecule has 0 unspecified atom stereocenters. The molecule has 0 spiro atoms. The van der Waals surface area contributed by atoms with E-state index in [1.54, 1.807) is 10.9 Å². The quantitative estimate of drug-likeness (QED) is 0.431. The van der Waals surface area contributed by atoms with Crippen LogP contribution in [0.25, 0.3) is 10.9 Å². The predicted octanol–water partition coefficient (Wildman–Crippen LogP) is 5.14. The van der Waals surface area contributed by atoms with Crippen LogP contribution in [-0.4, -0.2) is 55.0 Å². The molecular weight excluding hydrogens is 422 g/mol. The SMILES string of the molecule is C[N+]1=CCN=C1C(C)(C)C.Cn1nc(C(C)(C)C)c2ccccc21.Cn1nncc1C(C)(C)C. The normalized spacial score (nSPS) is 14.1. The van der Waals surface area contributed by atoms with Crippen LogP contribution < -0.4 is 0 Å². The first-order valence-corrected chi connectivity index (χ1v) is 11.9. The highest BCUT2D eigenvalue weighted by molar-refractivity contribution is 5.86. The van der Waals surface area contributed by atoms with E-state index in [0.29, 0.717) is 0 Å². The number of aromatic nitrogens is 5. The predicted molar refractivity (Wildman–Crippen MR) is 143 cm³/mol. The van der Waals surface area contributed by atoms with E-state index in [0.717, 1.165) is 12.2 Å². The van der Waals surface area contributed by atoms with E-state index in [1.807, 2.05) is 18.8 Å². The Morgan fingerprint density at radius 3 is 1.82 bits per heavy atom. The number of hydrogen-bond acceptors (Lipinski definition) is 4. The molecule has 2 aromatic heterocycles. The van der Waals surface area contributed by atoms with Gasteiger partial charge in [0.1, 0.15) is 6.21 Å². The molecule has 0 bridgehead atoms. The maximum atomic E-state index is 4.58. The monoisotopic (exact) mass is 466 g/mol. The summed E-state index contributed by atoms with van der Waals surface area (Å²) in [6.07, 6.45) is 3.90. The van der Waals surface area contributed by atoms with Gasteiger partial charge in [-0.3, -0.25) is 9.36 Å². The lowest BCUT2D eigenvalue weighted by Gasteiger charge is -2.16. The summed E-state index contributed by atoms with van der Waals surface area (Å²) >= 11 is 0. The van der Waals surface area contributed by atoms with E-state index < -0.39 is 0 Å². The fraction of sp³-hybridized carbons (Fsp3) is 0.593. The van der Waals surface area contributed by atoms with Gasteiger partial charge in [-0.1, -0.05) is 69.9 Å². The van der Waals surface area contributed by atoms with E-state index in [9.17, 15) is 0 Å². The van der Waals surface area contributed by atoms with Gasteiger partial charge in [-0.2, -0.15) is 5.10 Å². The van der Waals surface area contributed by atoms with Crippen LogP contribution in [0, 0.1) is 5.41 Å². The largest absolute Gasteiger partial charge is 0.297 e. The van der Waals surface area contributed by atoms with Crippen LogP contribution in [-0.2, 0) is 24.9 Å². The summed E-state index contributed by atoms with van der Waals surface area (Å²) in [5, 5.41) is 13.5. The third kappa shape index (κ3) is 6.84. The molecule has 0 saturated carbocycles. The number of aliphatic imine (C=N–C) groups is 1. The Labute approximate surface area is 205 Å². The standard InChI is InChI=1S/C12H16N2.C8H15N2.C7H13N3/c1-12(2,3)11-9-7-5-6-8-10(9)14(4)13-11;1-8(2,3)7-9-5-6-10(7)4;1-7(2,3)6-5-8-9-10(6)4/h5-8H,1-4H3;6H,5H2,1-4H3;5H,1-4H3/q;+1;. The molecular formula is C27H44N7+. The number of nitrogens with zero attached hydrogens (tertiary/aromatic N) is 7. The highest BCUT2D eigenvalue weighted by atomic mass is 15.4. The van der Waals surface area contributed by atoms with Crippen molar-refractivity contribution in [2.24, 2.45) is 24.5 Å². The highest BCUT2D eigenvalue weighted by Gasteiger charge is 2.30. The van der Waals surface area contributed by atoms with E-state index >= 15 is 0 Å². The second kappa shape index (κ2) is 10.2. The lowest BCUT2D eigenvalue weighted by Crippen LogP contribution is -2.27. The molecule has 4 rings (SSSR count). The number of benzene rings is 1. The Morgan fingerprint density at radius 1 is 0.824 bits per heavy atom. The molecule has 7 heteroatoms. The maximum Gasteiger partial charge on any atom is 0.297 e. The van der Waals surface area contributed by atoms with E-state index in [4.69, 9.17) is 0 Å². The Balaban J connectivity index is 0.000000185. The van der Waals surface area contributed by atoms with Crippen LogP contribution in [0.15, 0.2) is 35.5 Å². The van der Waals surface area contributed by atoms with Crippen LogP contribution in [0.5, 0.6) is 0 Å². The van der Waals surface area contributed by atoms with E-state index in [2.05, 4.69) is 125 Å². The molecule has 0 N–H and O–H groups in total. The van der Waals surface area contributed by atoms with Crippen LogP contribution in [0.2, 0.25) is 0 Å². The Hall–Kier alpha value is -2.83. The summed E-state index contributed by atoms with van der Waals surface area (Å²) in [5.41, 5.74) is 4.00. The van der Waals surface area contributed by atoms with Crippen LogP contribution in [0.4, 0.5) is 0 Å². The van der Waals surface area contributed by atoms with Gasteiger partial charge in [0.05, 0.1) is 35.6 Å². The molecule has 0 fully saturated rings. The Bertz CT molecular complexity index is 1160. The minimum absolute atomic E-state index is 0.112. The average molecular weight is 467 g/mol. The molecule has 1 aromatic carbocycles. The number of amidine groups is 1. The summed E-state index contributed by atoms with van der Waals surface area (Å²) in [7, 11) is 5.96. The maximum absolute atomic E-state index is 4.58. The summed E-state index contributed by atoms with van der Waals surface area (Å²) in [4.78, 5) is 4.38. The van der Waals surface area contributed by atoms with Crippen LogP contribution in [0.3, 0.4) is 0 Å². The van der Waals surface area contributed by atoms with Crippen molar-refractivity contribution in [3.63, 3.8) is 0 Å². The molecule has 0 saturated heterocycles. The van der Waals surface area contributed by atoms with Crippen molar-refractivity contribution < 1.29 is 4.58 Å². The second-order valence-corrected chi connectivity index (χ2v) is 11.9. The van der Waals surface area contributed by atoms with E-state index in [1.165, 1.54) is 22.4 Å². The minimum Gasteiger partial charge on any atom is -0.268 e. The van der Waals surface area contributed by atoms with Gasteiger partial charge in [0.15, 0.2) is 6.54 Å². The van der Waals surface area contributed by atoms with Crippen molar-refractivity contribution >= 4 is 23.0 Å². The smallest absolute Gasteiger partial charge is 0.268 e. The van der Waals surface area contributed by atoms with Gasteiger partial charge in [0.25, 0.3) is 5.84 Å². The number of hydrogen-bond donors (Lipinski definition) is 0. The van der Waals surface area contributed by atoms with Gasteiger partial charge in [-0.15, -0.1) is 5.10 Å². The molecule has 1 aliphatic rings. The topological polar surface area (TPSA) is 63.9 Å². The lowest BCUT2D eigenvalue weighted by molar-refractivity contribution is -0.371. The second-order valence-electron chi connectivity index (χ2n) is 11.9. The van der Waals surface area contributed by atoms with Crippen LogP contribution >= 0.6 is 0 Å². The lowest BCUT2D eigenvalue weighted by atomic mass is 9.90. The zero-order chi connectivity index (χ0) is 25.9. The van der Waals surface area contributed by atoms with Crippen molar-refractivity contribution in [1.82, 2.24) is 24.8 Å². The molecule has 34 heavy (non-hydrogen) atoms. The van der Waals surface area contributed by atoms with Crippen LogP contribution in [0.1, 0.15) is 73.7 Å². The van der Waals surface area contributed by atoms with Crippen molar-refractivity contribution in [3.05, 3.63) is 41.9 Å². The van der Waals surface area contributed by atoms with Gasteiger partial charge in [-0.25, -0.2) is 4.58 Å². The highest BCUT2D eigenvalue weighted by Crippen LogP contribution is 2.28. The Kier molecular flexibility index (Phi) is 8.22. The van der Waals surface area contributed by atoms with Gasteiger partial charge < -0.3 is 0 Å². The van der Waals surface area contributed by atoms with Crippen molar-refractivity contribution in [2.75, 3.05) is 13.6 Å². The molecule has 0 atom stereocenters. The number of para-hydroxylation sites is 1. The molecule has 0 amide bonds. The molecule has 0 aliphatic carbocycles. The van der Waals surface area contributed by atoms with Crippen molar-refractivity contribution in [2.45, 2.75) is 73.1 Å². The van der Waals surface area contributed by atoms with Gasteiger partial charge in [-0.05, 0) is 26.8 Å². The van der Waals surface area contributed by atoms with Gasteiger partial charge in [0, 0.05) is 30.3 Å². The molecule has 0 radical (unpaired) electrons. The first-order valence-electron chi connectivity index (χ1n) is 11.9. The first kappa shape index (κ1) is 27.4. The molecule has 3 aromatic rings. The fourth-order valence-corrected chi connectivity index (χ4v) is 3.95. The third-order valence-electron chi connectivity index (χ3n) is 5.55. The van der Waals surface area contributed by atoms with Gasteiger partial charge in [0.2, 0.25) is 0 Å². The minimum atomic E-state index is 0.112. The number of fused-ring (bicyclic) bond motifs is 1. The zero-order valence-corrected chi connectivity index (χ0v) is 23.3. The summed E-state index contributed by atoms with van der Waals surface area (Å²) in [6.45, 7) is 20.4. The summed E-state index contributed by atoms with van der Waals surface area (Å²) in [5.74, 6) is 1.19. The molecule has 3 heterocycles. The van der Waals surface area contributed by atoms with Crippen molar-refractivity contribution in [1.29, 1.82) is 0 Å². The summed E-state index contributed by atoms with van der Waals surface area (Å²) < 4.78 is 5.87. The average Bonchev–Trinajstić information content (AvgIpc) is 3.41. The Morgan fingerprint density at radius 2 is 1.44 bits per heavy atom. The molecule has 7 nitrogen and oxygen atoms in total. The van der Waals surface area contributed by atoms with E-state index in [-0.39, 0.29) is 16.2 Å². The number of rotatable bonds is 0. The molecule has 1 aliphatic heterocycles. The molecule has 186 valence electrons. The zero-order valence-electron chi connectivity index (χ0n) is 23.3.